The summed E-state index contributed by atoms with van der Waals surface area (Å²) in [7, 11) is -3.22. The molecule has 1 aliphatic carbocycles. The summed E-state index contributed by atoms with van der Waals surface area (Å²) in [5, 5.41) is 15.3. The fourth-order valence-electron chi connectivity index (χ4n) is 5.88. The molecule has 40 heavy (non-hydrogen) atoms. The van der Waals surface area contributed by atoms with E-state index in [2.05, 4.69) is 38.8 Å². The monoisotopic (exact) mass is 623 g/mol. The van der Waals surface area contributed by atoms with Gasteiger partial charge in [0.2, 0.25) is 10.0 Å². The zero-order chi connectivity index (χ0) is 27.9. The van der Waals surface area contributed by atoms with Crippen LogP contribution >= 0.6 is 35.6 Å². The first-order chi connectivity index (χ1) is 18.6. The van der Waals surface area contributed by atoms with Gasteiger partial charge in [0.1, 0.15) is 11.6 Å². The predicted molar refractivity (Wildman–Crippen MR) is 160 cm³/mol. The van der Waals surface area contributed by atoms with E-state index in [1.807, 2.05) is 13.0 Å². The van der Waals surface area contributed by atoms with Gasteiger partial charge in [0.15, 0.2) is 11.3 Å². The molecule has 4 atom stereocenters. The zero-order valence-electron chi connectivity index (χ0n) is 22.5. The van der Waals surface area contributed by atoms with E-state index in [4.69, 9.17) is 28.2 Å². The van der Waals surface area contributed by atoms with Crippen LogP contribution in [0.15, 0.2) is 30.5 Å². The average Bonchev–Trinajstić information content (AvgIpc) is 3.51. The van der Waals surface area contributed by atoms with E-state index >= 15 is 0 Å². The fraction of sp³-hybridized carbons (Fsp3) is 0.481. The van der Waals surface area contributed by atoms with Crippen molar-refractivity contribution in [2.24, 2.45) is 5.92 Å². The molecular weight excluding hydrogens is 593 g/mol. The molecule has 0 amide bonds. The Morgan fingerprint density at radius 1 is 1.30 bits per heavy atom. The second-order valence-corrected chi connectivity index (χ2v) is 13.2. The zero-order valence-corrected chi connectivity index (χ0v) is 25.7. The van der Waals surface area contributed by atoms with E-state index in [1.165, 1.54) is 6.26 Å². The van der Waals surface area contributed by atoms with E-state index in [0.29, 0.717) is 39.7 Å². The first-order valence-corrected chi connectivity index (χ1v) is 15.7. The van der Waals surface area contributed by atoms with Crippen molar-refractivity contribution >= 4 is 62.4 Å². The summed E-state index contributed by atoms with van der Waals surface area (Å²) in [6.45, 7) is 5.61. The SMILES string of the molecule is C[C@@H]1CC(c2cnc3c(C#N)nn([C@H](C)c4ccc(Cl)cc4Cl)c3n2)=CC[C@@H]1N1CCCC1CNS(C)(=O)=O.Cl. The van der Waals surface area contributed by atoms with Gasteiger partial charge >= 0.3 is 0 Å². The molecule has 1 aliphatic heterocycles. The first kappa shape index (κ1) is 30.7. The Morgan fingerprint density at radius 2 is 2.08 bits per heavy atom. The summed E-state index contributed by atoms with van der Waals surface area (Å²) in [5.74, 6) is 0.354. The van der Waals surface area contributed by atoms with E-state index in [9.17, 15) is 13.7 Å². The molecule has 9 nitrogen and oxygen atoms in total. The molecule has 3 heterocycles. The van der Waals surface area contributed by atoms with Crippen molar-refractivity contribution in [2.75, 3.05) is 19.3 Å². The number of benzene rings is 1. The lowest BCUT2D eigenvalue weighted by molar-refractivity contribution is 0.133. The van der Waals surface area contributed by atoms with Gasteiger partial charge in [-0.15, -0.1) is 12.4 Å². The second-order valence-electron chi connectivity index (χ2n) is 10.5. The van der Waals surface area contributed by atoms with Crippen molar-refractivity contribution in [1.29, 1.82) is 5.26 Å². The van der Waals surface area contributed by atoms with Gasteiger partial charge in [-0.25, -0.2) is 27.8 Å². The molecule has 2 aliphatic rings. The summed E-state index contributed by atoms with van der Waals surface area (Å²) in [6, 6.07) is 7.71. The van der Waals surface area contributed by atoms with Crippen LogP contribution in [-0.2, 0) is 10.0 Å². The summed E-state index contributed by atoms with van der Waals surface area (Å²) < 4.78 is 27.7. The van der Waals surface area contributed by atoms with Crippen LogP contribution in [0.3, 0.4) is 0 Å². The molecule has 1 unspecified atom stereocenters. The normalized spacial score (nSPS) is 22.5. The number of allylic oxidation sites excluding steroid dienone is 1. The molecule has 3 aromatic rings. The number of sulfonamides is 1. The van der Waals surface area contributed by atoms with Gasteiger partial charge in [-0.2, -0.15) is 10.4 Å². The van der Waals surface area contributed by atoms with Crippen LogP contribution in [0.25, 0.3) is 16.7 Å². The lowest BCUT2D eigenvalue weighted by Crippen LogP contribution is -2.48. The maximum atomic E-state index is 11.6. The number of hydrogen-bond donors (Lipinski definition) is 1. The van der Waals surface area contributed by atoms with E-state index in [1.54, 1.807) is 23.0 Å². The van der Waals surface area contributed by atoms with Gasteiger partial charge in [0, 0.05) is 28.7 Å². The largest absolute Gasteiger partial charge is 0.296 e. The highest BCUT2D eigenvalue weighted by Crippen LogP contribution is 2.37. The first-order valence-electron chi connectivity index (χ1n) is 13.1. The van der Waals surface area contributed by atoms with Crippen molar-refractivity contribution in [2.45, 2.75) is 57.7 Å². The molecular formula is C27H32Cl3N7O2S. The molecule has 0 bridgehead atoms. The van der Waals surface area contributed by atoms with Crippen LogP contribution in [0.5, 0.6) is 0 Å². The van der Waals surface area contributed by atoms with Crippen LogP contribution in [0, 0.1) is 17.2 Å². The molecule has 0 spiro atoms. The molecule has 214 valence electrons. The fourth-order valence-corrected chi connectivity index (χ4v) is 6.94. The third-order valence-electron chi connectivity index (χ3n) is 7.85. The summed E-state index contributed by atoms with van der Waals surface area (Å²) in [5.41, 5.74) is 3.91. The quantitative estimate of drug-likeness (QED) is 0.383. The summed E-state index contributed by atoms with van der Waals surface area (Å²) in [6.07, 6.45) is 8.90. The third kappa shape index (κ3) is 6.30. The Kier molecular flexibility index (Phi) is 9.45. The van der Waals surface area contributed by atoms with E-state index < -0.39 is 10.0 Å². The number of rotatable bonds is 7. The Hall–Kier alpha value is -2.26. The number of likely N-dealkylation sites (tertiary alicyclic amines) is 1. The Morgan fingerprint density at radius 3 is 2.75 bits per heavy atom. The van der Waals surface area contributed by atoms with Crippen molar-refractivity contribution in [1.82, 2.24) is 29.4 Å². The van der Waals surface area contributed by atoms with Crippen LogP contribution < -0.4 is 4.72 Å². The van der Waals surface area contributed by atoms with Gasteiger partial charge in [0.25, 0.3) is 0 Å². The van der Waals surface area contributed by atoms with E-state index in [0.717, 1.165) is 49.1 Å². The molecule has 1 N–H and O–H groups in total. The average molecular weight is 625 g/mol. The smallest absolute Gasteiger partial charge is 0.208 e. The van der Waals surface area contributed by atoms with Gasteiger partial charge in [-0.1, -0.05) is 42.3 Å². The van der Waals surface area contributed by atoms with Crippen LogP contribution in [0.4, 0.5) is 0 Å². The molecule has 5 rings (SSSR count). The molecule has 1 fully saturated rings. The summed E-state index contributed by atoms with van der Waals surface area (Å²) in [4.78, 5) is 12.0. The molecule has 1 aromatic carbocycles. The van der Waals surface area contributed by atoms with Gasteiger partial charge in [-0.05, 0) is 68.3 Å². The van der Waals surface area contributed by atoms with Crippen molar-refractivity contribution < 1.29 is 8.42 Å². The Bertz CT molecular complexity index is 1580. The number of nitrogens with zero attached hydrogens (tertiary/aromatic N) is 6. The highest BCUT2D eigenvalue weighted by Gasteiger charge is 2.35. The Labute approximate surface area is 251 Å². The minimum absolute atomic E-state index is 0. The van der Waals surface area contributed by atoms with Gasteiger partial charge in [-0.3, -0.25) is 4.90 Å². The predicted octanol–water partition coefficient (Wildman–Crippen LogP) is 5.23. The summed E-state index contributed by atoms with van der Waals surface area (Å²) >= 11 is 12.6. The Balaban J connectivity index is 0.00000370. The number of nitrogens with one attached hydrogen (secondary N) is 1. The molecule has 1 saturated heterocycles. The van der Waals surface area contributed by atoms with Gasteiger partial charge in [0.05, 0.1) is 24.2 Å². The van der Waals surface area contributed by atoms with Crippen molar-refractivity contribution in [3.8, 4) is 6.07 Å². The molecule has 2 aromatic heterocycles. The highest BCUT2D eigenvalue weighted by atomic mass is 35.5. The lowest BCUT2D eigenvalue weighted by Gasteiger charge is -2.39. The minimum Gasteiger partial charge on any atom is -0.296 e. The van der Waals surface area contributed by atoms with Crippen LogP contribution in [0.2, 0.25) is 10.0 Å². The number of hydrogen-bond acceptors (Lipinski definition) is 7. The maximum Gasteiger partial charge on any atom is 0.208 e. The van der Waals surface area contributed by atoms with Crippen molar-refractivity contribution in [3.05, 3.63) is 57.5 Å². The maximum absolute atomic E-state index is 11.6. The van der Waals surface area contributed by atoms with Gasteiger partial charge < -0.3 is 0 Å². The minimum atomic E-state index is -3.22. The molecule has 0 saturated carbocycles. The lowest BCUT2D eigenvalue weighted by atomic mass is 9.83. The topological polar surface area (TPSA) is 117 Å². The standard InChI is InChI=1S/C27H31Cl2N7O2S.ClH/c1-16-11-18(6-9-25(16)35-10-4-5-20(35)14-32-39(3,37)38)24-15-31-26-23(13-30)34-36(27(26)33-24)17(2)21-8-7-19(28)12-22(21)29;/h6-8,12,15-17,20,25,32H,4-5,9-11,14H2,1-3H3;1H/t16-,17-,20?,25+;/m1./s1. The number of halogens is 3. The molecule has 13 heteroatoms. The van der Waals surface area contributed by atoms with Crippen molar-refractivity contribution in [3.63, 3.8) is 0 Å². The van der Waals surface area contributed by atoms with Crippen LogP contribution in [-0.4, -0.2) is 64.5 Å². The number of fused-ring (bicyclic) bond motifs is 1. The number of aromatic nitrogens is 4. The highest BCUT2D eigenvalue weighted by molar-refractivity contribution is 7.88. The van der Waals surface area contributed by atoms with E-state index in [-0.39, 0.29) is 30.2 Å². The second kappa shape index (κ2) is 12.3. The molecule has 0 radical (unpaired) electrons. The number of nitriles is 1. The van der Waals surface area contributed by atoms with Crippen LogP contribution in [0.1, 0.15) is 62.5 Å². The third-order valence-corrected chi connectivity index (χ3v) is 9.11.